The lowest BCUT2D eigenvalue weighted by Gasteiger charge is -2.20. The Labute approximate surface area is 161 Å². The van der Waals surface area contributed by atoms with Gasteiger partial charge in [0.25, 0.3) is 0 Å². The molecule has 28 heavy (non-hydrogen) atoms. The van der Waals surface area contributed by atoms with Crippen molar-refractivity contribution in [2.75, 3.05) is 0 Å². The third-order valence-corrected chi connectivity index (χ3v) is 4.52. The third kappa shape index (κ3) is 3.09. The second-order valence-electron chi connectivity index (χ2n) is 7.73. The highest BCUT2D eigenvalue weighted by Crippen LogP contribution is 2.38. The first kappa shape index (κ1) is 18.0. The van der Waals surface area contributed by atoms with Crippen LogP contribution in [0.4, 0.5) is 9.18 Å². The molecule has 5 heteroatoms. The van der Waals surface area contributed by atoms with Crippen molar-refractivity contribution in [3.8, 4) is 16.9 Å². The number of nitrogens with zero attached hydrogens (tertiary/aromatic N) is 1. The summed E-state index contributed by atoms with van der Waals surface area (Å²) in [5, 5.41) is 12.3. The predicted molar refractivity (Wildman–Crippen MR) is 108 cm³/mol. The van der Waals surface area contributed by atoms with Crippen molar-refractivity contribution in [1.29, 1.82) is 0 Å². The van der Waals surface area contributed by atoms with Gasteiger partial charge in [0.15, 0.2) is 0 Å². The van der Waals surface area contributed by atoms with Crippen molar-refractivity contribution in [1.82, 2.24) is 4.57 Å². The van der Waals surface area contributed by atoms with Gasteiger partial charge in [-0.05, 0) is 50.6 Å². The topological polar surface area (TPSA) is 51.5 Å². The number of aromatic nitrogens is 1. The number of hydrogen-bond donors (Lipinski definition) is 1. The smallest absolute Gasteiger partial charge is 0.419 e. The summed E-state index contributed by atoms with van der Waals surface area (Å²) in [6.07, 6.45) is -0.507. The van der Waals surface area contributed by atoms with Crippen molar-refractivity contribution in [2.24, 2.45) is 0 Å². The van der Waals surface area contributed by atoms with Crippen LogP contribution in [0.15, 0.2) is 60.7 Å². The summed E-state index contributed by atoms with van der Waals surface area (Å²) >= 11 is 0. The van der Waals surface area contributed by atoms with Crippen LogP contribution < -0.4 is 0 Å². The molecule has 0 aliphatic heterocycles. The molecule has 0 saturated heterocycles. The molecule has 4 nitrogen and oxygen atoms in total. The van der Waals surface area contributed by atoms with Gasteiger partial charge in [0, 0.05) is 22.4 Å². The average Bonchev–Trinajstić information content (AvgIpc) is 2.94. The van der Waals surface area contributed by atoms with Crippen LogP contribution in [0.1, 0.15) is 20.8 Å². The van der Waals surface area contributed by atoms with E-state index in [-0.39, 0.29) is 11.6 Å². The Morgan fingerprint density at radius 3 is 2.32 bits per heavy atom. The summed E-state index contributed by atoms with van der Waals surface area (Å²) < 4.78 is 20.3. The molecular weight excluding hydrogens is 357 g/mol. The maximum atomic E-state index is 13.3. The fourth-order valence-corrected chi connectivity index (χ4v) is 3.37. The van der Waals surface area contributed by atoms with Crippen LogP contribution in [-0.4, -0.2) is 21.4 Å². The summed E-state index contributed by atoms with van der Waals surface area (Å²) in [4.78, 5) is 12.9. The van der Waals surface area contributed by atoms with Gasteiger partial charge in [-0.3, -0.25) is 0 Å². The number of carbonyl (C=O) groups is 1. The highest BCUT2D eigenvalue weighted by molar-refractivity contribution is 6.14. The molecule has 4 aromatic rings. The second-order valence-corrected chi connectivity index (χ2v) is 7.73. The summed E-state index contributed by atoms with van der Waals surface area (Å²) in [5.41, 5.74) is 1.86. The monoisotopic (exact) mass is 377 g/mol. The van der Waals surface area contributed by atoms with Crippen LogP contribution in [0.5, 0.6) is 5.75 Å². The maximum absolute atomic E-state index is 13.3. The quantitative estimate of drug-likeness (QED) is 0.437. The highest BCUT2D eigenvalue weighted by Gasteiger charge is 2.23. The molecule has 0 atom stereocenters. The minimum Gasteiger partial charge on any atom is -0.507 e. The van der Waals surface area contributed by atoms with E-state index >= 15 is 0 Å². The molecule has 0 aliphatic rings. The first-order chi connectivity index (χ1) is 13.2. The molecule has 0 amide bonds. The van der Waals surface area contributed by atoms with Gasteiger partial charge in [-0.2, -0.15) is 0 Å². The van der Waals surface area contributed by atoms with E-state index in [9.17, 15) is 14.3 Å². The lowest BCUT2D eigenvalue weighted by atomic mass is 10.0. The van der Waals surface area contributed by atoms with Crippen molar-refractivity contribution in [3.05, 3.63) is 66.5 Å². The number of benzene rings is 3. The molecular formula is C23H20FNO3. The van der Waals surface area contributed by atoms with Crippen molar-refractivity contribution >= 4 is 27.9 Å². The first-order valence-electron chi connectivity index (χ1n) is 9.00. The maximum Gasteiger partial charge on any atom is 0.419 e. The van der Waals surface area contributed by atoms with Crippen LogP contribution in [0.2, 0.25) is 0 Å². The van der Waals surface area contributed by atoms with Crippen molar-refractivity contribution < 1.29 is 19.0 Å². The van der Waals surface area contributed by atoms with Gasteiger partial charge in [-0.25, -0.2) is 13.8 Å². The number of carbonyl (C=O) groups excluding carboxylic acids is 1. The third-order valence-electron chi connectivity index (χ3n) is 4.52. The lowest BCUT2D eigenvalue weighted by molar-refractivity contribution is 0.0551. The molecule has 4 rings (SSSR count). The summed E-state index contributed by atoms with van der Waals surface area (Å²) in [6.45, 7) is 5.43. The first-order valence-corrected chi connectivity index (χ1v) is 9.00. The zero-order chi connectivity index (χ0) is 20.1. The van der Waals surface area contributed by atoms with E-state index in [2.05, 4.69) is 0 Å². The fourth-order valence-electron chi connectivity index (χ4n) is 3.37. The Hall–Kier alpha value is -3.34. The van der Waals surface area contributed by atoms with Gasteiger partial charge < -0.3 is 9.84 Å². The Morgan fingerprint density at radius 2 is 1.64 bits per heavy atom. The minimum atomic E-state index is -0.648. The SMILES string of the molecule is CC(C)(C)OC(=O)n1c2ccccc2c2cc(-c3ccc(F)cc3)c(O)cc21. The lowest BCUT2D eigenvalue weighted by Crippen LogP contribution is -2.27. The standard InChI is InChI=1S/C23H20FNO3/c1-23(2,3)28-22(27)25-19-7-5-4-6-16(19)18-12-17(21(26)13-20(18)25)14-8-10-15(24)11-9-14/h4-13,26H,1-3H3. The zero-order valence-corrected chi connectivity index (χ0v) is 15.9. The fraction of sp³-hybridized carbons (Fsp3) is 0.174. The zero-order valence-electron chi connectivity index (χ0n) is 15.9. The number of para-hydroxylation sites is 1. The second kappa shape index (κ2) is 6.37. The molecule has 0 radical (unpaired) electrons. The van der Waals surface area contributed by atoms with E-state index in [1.54, 1.807) is 18.2 Å². The predicted octanol–water partition coefficient (Wildman–Crippen LogP) is 6.09. The van der Waals surface area contributed by atoms with Crippen LogP contribution in [0.3, 0.4) is 0 Å². The molecule has 1 heterocycles. The number of halogens is 1. The van der Waals surface area contributed by atoms with E-state index in [1.165, 1.54) is 16.7 Å². The van der Waals surface area contributed by atoms with Gasteiger partial charge in [0.05, 0.1) is 11.0 Å². The number of phenolic OH excluding ortho intramolecular Hbond substituents is 1. The van der Waals surface area contributed by atoms with E-state index < -0.39 is 11.7 Å². The average molecular weight is 377 g/mol. The largest absolute Gasteiger partial charge is 0.507 e. The number of aromatic hydroxyl groups is 1. The van der Waals surface area contributed by atoms with Crippen molar-refractivity contribution in [3.63, 3.8) is 0 Å². The van der Waals surface area contributed by atoms with Gasteiger partial charge >= 0.3 is 6.09 Å². The molecule has 142 valence electrons. The van der Waals surface area contributed by atoms with Crippen LogP contribution in [-0.2, 0) is 4.74 Å². The Bertz CT molecular complexity index is 1200. The van der Waals surface area contributed by atoms with Gasteiger partial charge in [0.2, 0.25) is 0 Å². The number of rotatable bonds is 1. The van der Waals surface area contributed by atoms with E-state index in [0.717, 1.165) is 10.8 Å². The molecule has 0 aliphatic carbocycles. The van der Waals surface area contributed by atoms with Gasteiger partial charge in [-0.15, -0.1) is 0 Å². The molecule has 0 fully saturated rings. The normalized spacial score (nSPS) is 11.9. The van der Waals surface area contributed by atoms with E-state index in [4.69, 9.17) is 4.74 Å². The van der Waals surface area contributed by atoms with Crippen molar-refractivity contribution in [2.45, 2.75) is 26.4 Å². The Balaban J connectivity index is 1.99. The minimum absolute atomic E-state index is 0.00622. The summed E-state index contributed by atoms with van der Waals surface area (Å²) in [7, 11) is 0. The summed E-state index contributed by atoms with van der Waals surface area (Å²) in [5.74, 6) is -0.336. The van der Waals surface area contributed by atoms with Gasteiger partial charge in [0.1, 0.15) is 17.2 Å². The van der Waals surface area contributed by atoms with Crippen LogP contribution >= 0.6 is 0 Å². The number of fused-ring (bicyclic) bond motifs is 3. The van der Waals surface area contributed by atoms with Crippen LogP contribution in [0.25, 0.3) is 32.9 Å². The van der Waals surface area contributed by atoms with E-state index in [0.29, 0.717) is 22.2 Å². The Morgan fingerprint density at radius 1 is 0.964 bits per heavy atom. The van der Waals surface area contributed by atoms with Crippen LogP contribution in [0, 0.1) is 5.82 Å². The molecule has 3 aromatic carbocycles. The Kier molecular flexibility index (Phi) is 4.11. The molecule has 1 aromatic heterocycles. The molecule has 0 bridgehead atoms. The molecule has 0 unspecified atom stereocenters. The van der Waals surface area contributed by atoms with Gasteiger partial charge in [-0.1, -0.05) is 30.3 Å². The number of hydrogen-bond acceptors (Lipinski definition) is 3. The van der Waals surface area contributed by atoms with E-state index in [1.807, 2.05) is 51.1 Å². The number of ether oxygens (including phenoxy) is 1. The highest BCUT2D eigenvalue weighted by atomic mass is 19.1. The molecule has 0 saturated carbocycles. The summed E-state index contributed by atoms with van der Waals surface area (Å²) in [6, 6.07) is 16.8. The molecule has 1 N–H and O–H groups in total. The molecule has 0 spiro atoms. The number of phenols is 1.